The van der Waals surface area contributed by atoms with Crippen molar-refractivity contribution in [2.24, 2.45) is 5.92 Å². The number of piperidine rings is 1. The lowest BCUT2D eigenvalue weighted by Gasteiger charge is -2.32. The van der Waals surface area contributed by atoms with Crippen molar-refractivity contribution in [2.45, 2.75) is 33.2 Å². The first-order valence-electron chi connectivity index (χ1n) is 10.5. The number of aryl methyl sites for hydroxylation is 1. The number of hydrogen-bond acceptors (Lipinski definition) is 4. The minimum Gasteiger partial charge on any atom is -0.372 e. The van der Waals surface area contributed by atoms with E-state index in [9.17, 15) is 14.0 Å². The molecule has 1 aliphatic heterocycles. The standard InChI is InChI=1S/C24H26FN3O2S/c1-16-11-13-27(14-12-16)21-9-7-20(8-10-21)26-22(29)15-28-23(17(2)31-24(28)30)18-3-5-19(25)6-4-18/h3-10,16H,11-15H2,1-2H3,(H,26,29). The van der Waals surface area contributed by atoms with Crippen molar-refractivity contribution in [1.29, 1.82) is 0 Å². The molecule has 0 saturated carbocycles. The number of nitrogens with one attached hydrogen (secondary N) is 1. The third kappa shape index (κ3) is 4.88. The Morgan fingerprint density at radius 3 is 2.39 bits per heavy atom. The summed E-state index contributed by atoms with van der Waals surface area (Å²) in [7, 11) is 0. The van der Waals surface area contributed by atoms with Crippen LogP contribution in [0, 0.1) is 18.7 Å². The number of carbonyl (C=O) groups is 1. The van der Waals surface area contributed by atoms with E-state index >= 15 is 0 Å². The summed E-state index contributed by atoms with van der Waals surface area (Å²) in [6, 6.07) is 13.8. The van der Waals surface area contributed by atoms with Gasteiger partial charge in [0, 0.05) is 29.3 Å². The van der Waals surface area contributed by atoms with Crippen molar-refractivity contribution >= 4 is 28.6 Å². The molecule has 4 rings (SSSR count). The van der Waals surface area contributed by atoms with E-state index in [1.54, 1.807) is 12.1 Å². The number of anilines is 2. The molecule has 31 heavy (non-hydrogen) atoms. The number of nitrogens with zero attached hydrogens (tertiary/aromatic N) is 2. The molecule has 2 heterocycles. The SMILES string of the molecule is Cc1sc(=O)n(CC(=O)Nc2ccc(N3CCC(C)CC3)cc2)c1-c1ccc(F)cc1. The molecule has 0 atom stereocenters. The van der Waals surface area contributed by atoms with Gasteiger partial charge in [-0.3, -0.25) is 14.2 Å². The highest BCUT2D eigenvalue weighted by Gasteiger charge is 2.18. The number of rotatable bonds is 5. The lowest BCUT2D eigenvalue weighted by atomic mass is 9.99. The third-order valence-electron chi connectivity index (χ3n) is 5.78. The van der Waals surface area contributed by atoms with Crippen LogP contribution in [0.3, 0.4) is 0 Å². The zero-order valence-corrected chi connectivity index (χ0v) is 18.5. The number of halogens is 1. The summed E-state index contributed by atoms with van der Waals surface area (Å²) in [4.78, 5) is 28.1. The van der Waals surface area contributed by atoms with Gasteiger partial charge in [0.1, 0.15) is 12.4 Å². The van der Waals surface area contributed by atoms with E-state index in [4.69, 9.17) is 0 Å². The van der Waals surface area contributed by atoms with Gasteiger partial charge in [0.25, 0.3) is 0 Å². The Morgan fingerprint density at radius 2 is 1.74 bits per heavy atom. The Kier molecular flexibility index (Phi) is 6.23. The van der Waals surface area contributed by atoms with Crippen LogP contribution < -0.4 is 15.1 Å². The first-order valence-corrected chi connectivity index (χ1v) is 11.3. The smallest absolute Gasteiger partial charge is 0.308 e. The number of carbonyl (C=O) groups excluding carboxylic acids is 1. The normalized spacial score (nSPS) is 14.6. The molecule has 0 bridgehead atoms. The predicted molar refractivity (Wildman–Crippen MR) is 124 cm³/mol. The minimum atomic E-state index is -0.342. The van der Waals surface area contributed by atoms with Gasteiger partial charge in [-0.15, -0.1) is 0 Å². The fourth-order valence-corrected chi connectivity index (χ4v) is 4.85. The highest BCUT2D eigenvalue weighted by molar-refractivity contribution is 7.09. The Labute approximate surface area is 185 Å². The molecule has 1 aromatic heterocycles. The molecular formula is C24H26FN3O2S. The molecule has 3 aromatic rings. The quantitative estimate of drug-likeness (QED) is 0.615. The largest absolute Gasteiger partial charge is 0.372 e. The topological polar surface area (TPSA) is 54.3 Å². The average molecular weight is 440 g/mol. The zero-order chi connectivity index (χ0) is 22.0. The molecule has 2 aromatic carbocycles. The predicted octanol–water partition coefficient (Wildman–Crippen LogP) is 4.90. The van der Waals surface area contributed by atoms with Crippen molar-refractivity contribution in [3.05, 3.63) is 68.9 Å². The van der Waals surface area contributed by atoms with Crippen molar-refractivity contribution in [3.8, 4) is 11.3 Å². The van der Waals surface area contributed by atoms with Gasteiger partial charge >= 0.3 is 4.87 Å². The van der Waals surface area contributed by atoms with Gasteiger partial charge in [-0.05, 0) is 79.8 Å². The summed E-state index contributed by atoms with van der Waals surface area (Å²) in [6.45, 7) is 6.14. The Hall–Kier alpha value is -2.93. The molecule has 0 unspecified atom stereocenters. The van der Waals surface area contributed by atoms with Gasteiger partial charge in [-0.25, -0.2) is 4.39 Å². The zero-order valence-electron chi connectivity index (χ0n) is 17.7. The van der Waals surface area contributed by atoms with Gasteiger partial charge < -0.3 is 10.2 Å². The summed E-state index contributed by atoms with van der Waals surface area (Å²) in [5.41, 5.74) is 3.22. The summed E-state index contributed by atoms with van der Waals surface area (Å²) < 4.78 is 14.7. The molecule has 1 N–H and O–H groups in total. The van der Waals surface area contributed by atoms with Gasteiger partial charge in [0.05, 0.1) is 5.69 Å². The summed E-state index contributed by atoms with van der Waals surface area (Å²) >= 11 is 1.09. The highest BCUT2D eigenvalue weighted by atomic mass is 32.1. The number of hydrogen-bond donors (Lipinski definition) is 1. The molecule has 1 aliphatic rings. The van der Waals surface area contributed by atoms with Crippen molar-refractivity contribution < 1.29 is 9.18 Å². The second kappa shape index (κ2) is 9.06. The molecule has 162 valence electrons. The Morgan fingerprint density at radius 1 is 1.10 bits per heavy atom. The minimum absolute atomic E-state index is 0.0956. The molecule has 0 spiro atoms. The van der Waals surface area contributed by atoms with Crippen LogP contribution in [-0.4, -0.2) is 23.6 Å². The van der Waals surface area contributed by atoms with Gasteiger partial charge in [0.2, 0.25) is 5.91 Å². The van der Waals surface area contributed by atoms with Crippen molar-refractivity contribution in [3.63, 3.8) is 0 Å². The molecular weight excluding hydrogens is 413 g/mol. The number of aromatic nitrogens is 1. The van der Waals surface area contributed by atoms with Crippen LogP contribution in [0.2, 0.25) is 0 Å². The molecule has 1 fully saturated rings. The fourth-order valence-electron chi connectivity index (χ4n) is 3.99. The van der Waals surface area contributed by atoms with E-state index in [-0.39, 0.29) is 23.1 Å². The van der Waals surface area contributed by atoms with E-state index in [0.717, 1.165) is 40.9 Å². The van der Waals surface area contributed by atoms with E-state index in [1.165, 1.54) is 29.5 Å². The van der Waals surface area contributed by atoms with E-state index in [2.05, 4.69) is 17.1 Å². The fraction of sp³-hybridized carbons (Fsp3) is 0.333. The molecule has 7 heteroatoms. The lowest BCUT2D eigenvalue weighted by molar-refractivity contribution is -0.116. The van der Waals surface area contributed by atoms with Crippen LogP contribution in [0.15, 0.2) is 53.3 Å². The average Bonchev–Trinajstić information content (AvgIpc) is 3.03. The maximum atomic E-state index is 13.3. The first-order chi connectivity index (χ1) is 14.9. The Balaban J connectivity index is 1.46. The number of benzene rings is 2. The van der Waals surface area contributed by atoms with E-state index in [1.807, 2.05) is 31.2 Å². The maximum Gasteiger partial charge on any atom is 0.308 e. The van der Waals surface area contributed by atoms with Gasteiger partial charge in [-0.1, -0.05) is 18.3 Å². The molecule has 1 amide bonds. The monoisotopic (exact) mass is 439 g/mol. The summed E-state index contributed by atoms with van der Waals surface area (Å²) in [5.74, 6) is 0.160. The third-order valence-corrected chi connectivity index (χ3v) is 6.68. The molecule has 5 nitrogen and oxygen atoms in total. The lowest BCUT2D eigenvalue weighted by Crippen LogP contribution is -2.32. The van der Waals surface area contributed by atoms with Gasteiger partial charge in [0.15, 0.2) is 0 Å². The maximum absolute atomic E-state index is 13.3. The summed E-state index contributed by atoms with van der Waals surface area (Å²) in [6.07, 6.45) is 2.40. The summed E-state index contributed by atoms with van der Waals surface area (Å²) in [5, 5.41) is 2.88. The first kappa shape index (κ1) is 21.3. The number of amides is 1. The number of thiazole rings is 1. The van der Waals surface area contributed by atoms with Gasteiger partial charge in [-0.2, -0.15) is 0 Å². The van der Waals surface area contributed by atoms with E-state index in [0.29, 0.717) is 16.9 Å². The second-order valence-electron chi connectivity index (χ2n) is 8.13. The van der Waals surface area contributed by atoms with Crippen LogP contribution in [0.4, 0.5) is 15.8 Å². The van der Waals surface area contributed by atoms with Crippen LogP contribution in [0.5, 0.6) is 0 Å². The second-order valence-corrected chi connectivity index (χ2v) is 9.30. The molecule has 1 saturated heterocycles. The molecule has 0 aliphatic carbocycles. The Bertz CT molecular complexity index is 1110. The van der Waals surface area contributed by atoms with Crippen LogP contribution >= 0.6 is 11.3 Å². The van der Waals surface area contributed by atoms with Crippen LogP contribution in [0.1, 0.15) is 24.6 Å². The van der Waals surface area contributed by atoms with Crippen LogP contribution in [0.25, 0.3) is 11.3 Å². The highest BCUT2D eigenvalue weighted by Crippen LogP contribution is 2.26. The molecule has 0 radical (unpaired) electrons. The van der Waals surface area contributed by atoms with Crippen molar-refractivity contribution in [1.82, 2.24) is 4.57 Å². The van der Waals surface area contributed by atoms with Crippen LogP contribution in [-0.2, 0) is 11.3 Å². The van der Waals surface area contributed by atoms with Crippen molar-refractivity contribution in [2.75, 3.05) is 23.3 Å². The van der Waals surface area contributed by atoms with E-state index < -0.39 is 0 Å².